The molecule has 10 nitrogen and oxygen atoms in total. The number of carbonyl (C=O) groups is 1. The number of aliphatic hydroxyl groups is 1. The summed E-state index contributed by atoms with van der Waals surface area (Å²) in [4.78, 5) is 20.6. The van der Waals surface area contributed by atoms with Gasteiger partial charge in [0, 0.05) is 0 Å². The summed E-state index contributed by atoms with van der Waals surface area (Å²) in [5.74, 6) is -0.502. The molecule has 0 bridgehead atoms. The van der Waals surface area contributed by atoms with E-state index in [1.165, 1.54) is 6.33 Å². The van der Waals surface area contributed by atoms with E-state index in [1.54, 1.807) is 4.57 Å². The first-order valence-electron chi connectivity index (χ1n) is 11.1. The zero-order valence-corrected chi connectivity index (χ0v) is 22.7. The molecule has 0 saturated carbocycles. The van der Waals surface area contributed by atoms with Gasteiger partial charge in [0.2, 0.25) is 0 Å². The number of unbranched alkanes of at least 4 members (excludes halogenated alkanes) is 2. The van der Waals surface area contributed by atoms with Crippen LogP contribution in [-0.2, 0) is 10.9 Å². The van der Waals surface area contributed by atoms with Crippen LogP contribution in [0.15, 0.2) is 10.9 Å². The Balaban J connectivity index is 1.79. The van der Waals surface area contributed by atoms with Crippen LogP contribution in [0, 0.1) is 0 Å². The molecule has 0 aliphatic carbocycles. The normalized spacial score (nSPS) is 26.6. The molecule has 2 aliphatic heterocycles. The predicted molar refractivity (Wildman–Crippen MR) is 124 cm³/mol. The van der Waals surface area contributed by atoms with Crippen LogP contribution < -0.4 is 11.5 Å². The van der Waals surface area contributed by atoms with E-state index in [1.807, 2.05) is 0 Å². The number of fused-ring (bicyclic) bond motifs is 2. The van der Waals surface area contributed by atoms with E-state index in [0.717, 1.165) is 34.6 Å². The standard InChI is InChI=1S/C12H12BrN5O5.2C4H9.Sn/c13-8-4(10(15)22)5-9(14)16-2-17-11(5)18(8)12-7(21)6(20)3(1-19)23-12;2*1-3-4-2;/h2-3,6-7,12,19H,1H2,(H2,15,22)(H2,14,16,17);2*1,3-4H2,2H3;/q-2;;;+2/t3-,6+,7+,12-;;;/m0.../s1. The van der Waals surface area contributed by atoms with Gasteiger partial charge in [-0.1, -0.05) is 0 Å². The number of nitrogens with two attached hydrogens (primary N) is 2. The van der Waals surface area contributed by atoms with Gasteiger partial charge in [0.25, 0.3) is 0 Å². The number of carbonyl (C=O) groups excluding carboxylic acids is 1. The van der Waals surface area contributed by atoms with E-state index in [4.69, 9.17) is 22.4 Å². The Bertz CT molecular complexity index is 996. The van der Waals surface area contributed by atoms with Crippen molar-refractivity contribution < 1.29 is 20.8 Å². The molecule has 5 N–H and O–H groups in total. The number of aromatic nitrogens is 3. The number of halogens is 1. The Hall–Kier alpha value is -0.991. The van der Waals surface area contributed by atoms with Crippen molar-refractivity contribution in [3.8, 4) is 0 Å². The maximum absolute atomic E-state index is 12.2. The molecule has 0 radical (unpaired) electrons. The fourth-order valence-electron chi connectivity index (χ4n) is 4.69. The van der Waals surface area contributed by atoms with Gasteiger partial charge < -0.3 is 0 Å². The molecule has 0 unspecified atom stereocenters. The zero-order chi connectivity index (χ0) is 23.0. The summed E-state index contributed by atoms with van der Waals surface area (Å²) in [5, 5.41) is 10.4. The van der Waals surface area contributed by atoms with Crippen molar-refractivity contribution in [1.82, 2.24) is 14.5 Å². The van der Waals surface area contributed by atoms with Crippen LogP contribution in [-0.4, -0.2) is 69.7 Å². The predicted octanol–water partition coefficient (Wildman–Crippen LogP) is 2.59. The average molecular weight is 619 g/mol. The molecule has 0 spiro atoms. The minimum atomic E-state index is -3.38. The first-order valence-corrected chi connectivity index (χ1v) is 18.2. The third-order valence-electron chi connectivity index (χ3n) is 6.24. The van der Waals surface area contributed by atoms with Crippen molar-refractivity contribution in [2.75, 3.05) is 12.3 Å². The summed E-state index contributed by atoms with van der Waals surface area (Å²) < 4.78 is 23.8. The Morgan fingerprint density at radius 3 is 2.47 bits per heavy atom. The monoisotopic (exact) mass is 619 g/mol. The minimum absolute atomic E-state index is 0.152. The molecule has 0 aromatic carbocycles. The summed E-state index contributed by atoms with van der Waals surface area (Å²) in [7, 11) is 0. The van der Waals surface area contributed by atoms with Gasteiger partial charge in [0.1, 0.15) is 0 Å². The molecule has 2 saturated heterocycles. The number of rotatable bonds is 9. The van der Waals surface area contributed by atoms with Crippen molar-refractivity contribution in [1.29, 1.82) is 0 Å². The molecule has 4 rings (SSSR count). The molecule has 176 valence electrons. The first kappa shape index (κ1) is 24.1. The topological polar surface area (TPSA) is 148 Å². The molecule has 12 heteroatoms. The van der Waals surface area contributed by atoms with E-state index in [-0.39, 0.29) is 24.1 Å². The molecule has 4 atom stereocenters. The summed E-state index contributed by atoms with van der Waals surface area (Å²) in [6.07, 6.45) is 3.62. The number of anilines is 1. The Morgan fingerprint density at radius 2 is 1.88 bits per heavy atom. The van der Waals surface area contributed by atoms with Crippen LogP contribution in [0.2, 0.25) is 8.87 Å². The molecule has 2 aromatic rings. The molecule has 2 fully saturated rings. The molecule has 2 aliphatic rings. The van der Waals surface area contributed by atoms with E-state index in [0.29, 0.717) is 15.6 Å². The van der Waals surface area contributed by atoms with Gasteiger partial charge in [-0.3, -0.25) is 0 Å². The number of aliphatic hydroxyl groups excluding tert-OH is 1. The van der Waals surface area contributed by atoms with Crippen LogP contribution in [0.1, 0.15) is 56.1 Å². The number of hydrogen-bond donors (Lipinski definition) is 3. The van der Waals surface area contributed by atoms with Crippen LogP contribution >= 0.6 is 15.9 Å². The van der Waals surface area contributed by atoms with Gasteiger partial charge in [0.15, 0.2) is 0 Å². The van der Waals surface area contributed by atoms with Crippen molar-refractivity contribution >= 4 is 57.9 Å². The van der Waals surface area contributed by atoms with E-state index in [9.17, 15) is 9.90 Å². The summed E-state index contributed by atoms with van der Waals surface area (Å²) in [6.45, 7) is 4.13. The second-order valence-corrected chi connectivity index (χ2v) is 18.5. The Labute approximate surface area is 200 Å². The Kier molecular flexibility index (Phi) is 7.32. The second kappa shape index (κ2) is 9.71. The van der Waals surface area contributed by atoms with Gasteiger partial charge in [0.05, 0.1) is 0 Å². The molecular formula is C20H30BrN5O5Sn. The molecule has 32 heavy (non-hydrogen) atoms. The number of nitrogen functional groups attached to an aromatic ring is 1. The number of hydrogen-bond acceptors (Lipinski definition) is 8. The molecular weight excluding hydrogens is 589 g/mol. The van der Waals surface area contributed by atoms with E-state index in [2.05, 4.69) is 39.7 Å². The average Bonchev–Trinajstić information content (AvgIpc) is 3.39. The second-order valence-electron chi connectivity index (χ2n) is 8.39. The van der Waals surface area contributed by atoms with Gasteiger partial charge in [-0.2, -0.15) is 0 Å². The first-order chi connectivity index (χ1) is 15.4. The SMILES string of the molecule is CCC[CH2][Sn]1([CH2]CCC)[O][C@@H]2[C@H]([O]1)[C@H](CO)O[C@@H]2n1c(Br)c(C(N)=O)c2c(N)ncnc21. The quantitative estimate of drug-likeness (QED) is 0.363. The molecule has 2 aromatic heterocycles. The number of ether oxygens (including phenoxy) is 1. The van der Waals surface area contributed by atoms with Crippen molar-refractivity contribution in [2.45, 2.75) is 72.9 Å². The molecule has 1 amide bonds. The van der Waals surface area contributed by atoms with Gasteiger partial charge in [-0.05, 0) is 0 Å². The van der Waals surface area contributed by atoms with Crippen LogP contribution in [0.5, 0.6) is 0 Å². The zero-order valence-electron chi connectivity index (χ0n) is 18.3. The van der Waals surface area contributed by atoms with E-state index >= 15 is 0 Å². The van der Waals surface area contributed by atoms with Gasteiger partial charge in [-0.15, -0.1) is 0 Å². The summed E-state index contributed by atoms with van der Waals surface area (Å²) >= 11 is 0.128. The fourth-order valence-corrected chi connectivity index (χ4v) is 17.1. The molecule has 4 heterocycles. The Morgan fingerprint density at radius 1 is 1.22 bits per heavy atom. The maximum atomic E-state index is 12.2. The summed E-state index contributed by atoms with van der Waals surface area (Å²) in [5.41, 5.74) is 12.3. The van der Waals surface area contributed by atoms with Crippen LogP contribution in [0.3, 0.4) is 0 Å². The van der Waals surface area contributed by atoms with Gasteiger partial charge >= 0.3 is 201 Å². The number of nitrogens with zero attached hydrogens (tertiary/aromatic N) is 3. The van der Waals surface area contributed by atoms with Crippen molar-refractivity contribution in [3.63, 3.8) is 0 Å². The number of amides is 1. The number of primary amides is 1. The van der Waals surface area contributed by atoms with E-state index < -0.39 is 43.5 Å². The fraction of sp³-hybridized carbons (Fsp3) is 0.650. The third-order valence-corrected chi connectivity index (χ3v) is 17.4. The van der Waals surface area contributed by atoms with Crippen LogP contribution in [0.4, 0.5) is 5.82 Å². The van der Waals surface area contributed by atoms with Gasteiger partial charge in [-0.25, -0.2) is 0 Å². The van der Waals surface area contributed by atoms with Crippen LogP contribution in [0.25, 0.3) is 11.0 Å². The van der Waals surface area contributed by atoms with Crippen molar-refractivity contribution in [3.05, 3.63) is 16.5 Å². The third kappa shape index (κ3) is 4.04. The summed E-state index contributed by atoms with van der Waals surface area (Å²) in [6, 6.07) is 0. The van der Waals surface area contributed by atoms with Crippen molar-refractivity contribution in [2.24, 2.45) is 5.73 Å².